The van der Waals surface area contributed by atoms with E-state index >= 15 is 0 Å². The van der Waals surface area contributed by atoms with Crippen molar-refractivity contribution in [2.75, 3.05) is 12.4 Å². The lowest BCUT2D eigenvalue weighted by Gasteiger charge is -2.16. The molecule has 3 aromatic rings. The summed E-state index contributed by atoms with van der Waals surface area (Å²) < 4.78 is 5.22. The van der Waals surface area contributed by atoms with Crippen molar-refractivity contribution in [2.45, 2.75) is 33.2 Å². The van der Waals surface area contributed by atoms with E-state index in [1.807, 2.05) is 36.5 Å². The number of nitrogens with zero attached hydrogens (tertiary/aromatic N) is 2. The number of pyridine rings is 1. The molecule has 3 rings (SSSR count). The van der Waals surface area contributed by atoms with E-state index in [4.69, 9.17) is 22.9 Å². The molecule has 0 bridgehead atoms. The first kappa shape index (κ1) is 19.0. The molecule has 1 heterocycles. The Balaban J connectivity index is 2.04. The van der Waals surface area contributed by atoms with Gasteiger partial charge in [0.15, 0.2) is 5.69 Å². The van der Waals surface area contributed by atoms with Gasteiger partial charge in [0, 0.05) is 23.8 Å². The van der Waals surface area contributed by atoms with E-state index in [1.165, 1.54) is 0 Å². The van der Waals surface area contributed by atoms with E-state index in [0.717, 1.165) is 46.1 Å². The number of methoxy groups -OCH3 is 1. The first-order valence-electron chi connectivity index (χ1n) is 8.99. The summed E-state index contributed by atoms with van der Waals surface area (Å²) >= 11 is 6.25. The van der Waals surface area contributed by atoms with Crippen molar-refractivity contribution in [3.8, 4) is 5.75 Å². The van der Waals surface area contributed by atoms with E-state index < -0.39 is 0 Å². The fraction of sp³-hybridized carbons (Fsp3) is 0.273. The molecule has 0 saturated carbocycles. The normalized spacial score (nSPS) is 10.6. The molecule has 4 nitrogen and oxygen atoms in total. The summed E-state index contributed by atoms with van der Waals surface area (Å²) in [6, 6.07) is 9.63. The van der Waals surface area contributed by atoms with Gasteiger partial charge in [-0.2, -0.15) is 0 Å². The van der Waals surface area contributed by atoms with Crippen molar-refractivity contribution in [3.63, 3.8) is 0 Å². The third-order valence-corrected chi connectivity index (χ3v) is 4.99. The fourth-order valence-electron chi connectivity index (χ4n) is 3.22. The van der Waals surface area contributed by atoms with Crippen molar-refractivity contribution >= 4 is 33.9 Å². The number of hydrogen-bond donors (Lipinski definition) is 1. The van der Waals surface area contributed by atoms with Gasteiger partial charge in [-0.3, -0.25) is 4.98 Å². The maximum atomic E-state index is 7.42. The number of fused-ring (bicyclic) bond motifs is 1. The smallest absolute Gasteiger partial charge is 0.188 e. The summed E-state index contributed by atoms with van der Waals surface area (Å²) in [5.74, 6) is 0.665. The lowest BCUT2D eigenvalue weighted by Crippen LogP contribution is -2.05. The van der Waals surface area contributed by atoms with Crippen molar-refractivity contribution < 1.29 is 4.74 Å². The molecule has 1 aromatic heterocycles. The molecule has 27 heavy (non-hydrogen) atoms. The quantitative estimate of drug-likeness (QED) is 0.519. The molecule has 0 aliphatic carbocycles. The summed E-state index contributed by atoms with van der Waals surface area (Å²) in [7, 11) is 1.61. The second-order valence-corrected chi connectivity index (χ2v) is 6.71. The highest BCUT2D eigenvalue weighted by atomic mass is 35.5. The number of halogens is 1. The Bertz CT molecular complexity index is 1020. The van der Waals surface area contributed by atoms with Crippen LogP contribution >= 0.6 is 11.6 Å². The topological polar surface area (TPSA) is 38.5 Å². The SMILES string of the molecule is [C-]#[N+]c1cc(CC)c2ncc(CC)c(NCc3ccc(OC)c(Cl)c3)c2c1. The van der Waals surface area contributed by atoms with Crippen LogP contribution in [0.2, 0.25) is 5.02 Å². The zero-order valence-electron chi connectivity index (χ0n) is 15.8. The summed E-state index contributed by atoms with van der Waals surface area (Å²) in [5, 5.41) is 5.14. The minimum Gasteiger partial charge on any atom is -0.495 e. The maximum absolute atomic E-state index is 7.42. The number of aromatic nitrogens is 1. The van der Waals surface area contributed by atoms with E-state index in [1.54, 1.807) is 7.11 Å². The van der Waals surface area contributed by atoms with Crippen LogP contribution in [0.5, 0.6) is 5.75 Å². The molecule has 0 aliphatic rings. The Labute approximate surface area is 165 Å². The molecule has 2 aromatic carbocycles. The van der Waals surface area contributed by atoms with Gasteiger partial charge in [0.2, 0.25) is 0 Å². The Kier molecular flexibility index (Phi) is 5.83. The lowest BCUT2D eigenvalue weighted by molar-refractivity contribution is 0.415. The summed E-state index contributed by atoms with van der Waals surface area (Å²) in [4.78, 5) is 8.31. The Morgan fingerprint density at radius 3 is 2.56 bits per heavy atom. The Morgan fingerprint density at radius 1 is 1.15 bits per heavy atom. The molecule has 0 saturated heterocycles. The molecular weight excluding hydrogens is 358 g/mol. The van der Waals surface area contributed by atoms with Gasteiger partial charge in [0.1, 0.15) is 5.75 Å². The average Bonchev–Trinajstić information content (AvgIpc) is 2.70. The van der Waals surface area contributed by atoms with Crippen molar-refractivity contribution in [1.82, 2.24) is 4.98 Å². The van der Waals surface area contributed by atoms with Crippen LogP contribution in [0.25, 0.3) is 15.7 Å². The first-order chi connectivity index (χ1) is 13.1. The molecule has 138 valence electrons. The van der Waals surface area contributed by atoms with E-state index in [2.05, 4.69) is 29.0 Å². The third-order valence-electron chi connectivity index (χ3n) is 4.69. The predicted molar refractivity (Wildman–Crippen MR) is 112 cm³/mol. The van der Waals surface area contributed by atoms with Gasteiger partial charge in [0.25, 0.3) is 0 Å². The van der Waals surface area contributed by atoms with Crippen LogP contribution in [0.4, 0.5) is 11.4 Å². The number of ether oxygens (including phenoxy) is 1. The fourth-order valence-corrected chi connectivity index (χ4v) is 3.50. The van der Waals surface area contributed by atoms with Crippen LogP contribution in [0.15, 0.2) is 36.5 Å². The zero-order chi connectivity index (χ0) is 19.4. The lowest BCUT2D eigenvalue weighted by atomic mass is 10.0. The van der Waals surface area contributed by atoms with Gasteiger partial charge in [-0.25, -0.2) is 4.85 Å². The maximum Gasteiger partial charge on any atom is 0.188 e. The standard InChI is InChI=1S/C22H22ClN3O/c1-5-15-10-17(24-3)11-18-21(15)26-13-16(6-2)22(18)25-12-14-7-8-20(27-4)19(23)9-14/h7-11,13H,5-6,12H2,1-2,4H3,(H,25,26). The predicted octanol–water partition coefficient (Wildman–Crippen LogP) is 6.18. The van der Waals surface area contributed by atoms with E-state index in [-0.39, 0.29) is 0 Å². The minimum atomic E-state index is 0.593. The Morgan fingerprint density at radius 2 is 1.93 bits per heavy atom. The number of nitrogens with one attached hydrogen (secondary N) is 1. The van der Waals surface area contributed by atoms with Crippen LogP contribution in [0.3, 0.4) is 0 Å². The summed E-state index contributed by atoms with van der Waals surface area (Å²) in [6.07, 6.45) is 3.63. The number of anilines is 1. The highest BCUT2D eigenvalue weighted by molar-refractivity contribution is 6.32. The number of rotatable bonds is 6. The molecular formula is C22H22ClN3O. The Hall–Kier alpha value is -2.77. The molecule has 0 fully saturated rings. The number of aryl methyl sites for hydroxylation is 2. The first-order valence-corrected chi connectivity index (χ1v) is 9.37. The molecule has 0 spiro atoms. The summed E-state index contributed by atoms with van der Waals surface area (Å²) in [6.45, 7) is 12.2. The van der Waals surface area contributed by atoms with Gasteiger partial charge in [0.05, 0.1) is 24.2 Å². The highest BCUT2D eigenvalue weighted by Crippen LogP contribution is 2.33. The van der Waals surface area contributed by atoms with E-state index in [9.17, 15) is 0 Å². The van der Waals surface area contributed by atoms with Gasteiger partial charge in [-0.05, 0) is 47.7 Å². The van der Waals surface area contributed by atoms with Gasteiger partial charge in [-0.15, -0.1) is 0 Å². The van der Waals surface area contributed by atoms with Crippen LogP contribution in [0, 0.1) is 6.57 Å². The molecule has 0 atom stereocenters. The molecule has 0 amide bonds. The summed E-state index contributed by atoms with van der Waals surface area (Å²) in [5.41, 5.74) is 5.92. The monoisotopic (exact) mass is 379 g/mol. The van der Waals surface area contributed by atoms with Crippen LogP contribution in [-0.2, 0) is 19.4 Å². The van der Waals surface area contributed by atoms with Gasteiger partial charge >= 0.3 is 0 Å². The average molecular weight is 380 g/mol. The molecule has 0 radical (unpaired) electrons. The van der Waals surface area contributed by atoms with Crippen molar-refractivity contribution in [1.29, 1.82) is 0 Å². The molecule has 0 aliphatic heterocycles. The van der Waals surface area contributed by atoms with Crippen LogP contribution < -0.4 is 10.1 Å². The van der Waals surface area contributed by atoms with E-state index in [0.29, 0.717) is 23.0 Å². The molecule has 0 unspecified atom stereocenters. The second-order valence-electron chi connectivity index (χ2n) is 6.30. The molecule has 5 heteroatoms. The van der Waals surface area contributed by atoms with Crippen LogP contribution in [-0.4, -0.2) is 12.1 Å². The van der Waals surface area contributed by atoms with Crippen LogP contribution in [0.1, 0.15) is 30.5 Å². The van der Waals surface area contributed by atoms with Crippen molar-refractivity contribution in [2.24, 2.45) is 0 Å². The zero-order valence-corrected chi connectivity index (χ0v) is 16.5. The van der Waals surface area contributed by atoms with Gasteiger partial charge in [-0.1, -0.05) is 37.6 Å². The van der Waals surface area contributed by atoms with Gasteiger partial charge < -0.3 is 10.1 Å². The highest BCUT2D eigenvalue weighted by Gasteiger charge is 2.12. The number of benzene rings is 2. The number of hydrogen-bond acceptors (Lipinski definition) is 3. The second kappa shape index (κ2) is 8.28. The largest absolute Gasteiger partial charge is 0.495 e. The minimum absolute atomic E-state index is 0.593. The third kappa shape index (κ3) is 3.84. The van der Waals surface area contributed by atoms with Crippen molar-refractivity contribution in [3.05, 3.63) is 69.7 Å². The molecule has 1 N–H and O–H groups in total.